The fourth-order valence-corrected chi connectivity index (χ4v) is 4.17. The number of aryl methyl sites for hydroxylation is 1. The number of amides is 1. The monoisotopic (exact) mass is 398 g/mol. The Morgan fingerprint density at radius 1 is 1.30 bits per heavy atom. The first-order chi connectivity index (χ1) is 13.1. The maximum absolute atomic E-state index is 13.0. The number of benzene rings is 1. The summed E-state index contributed by atoms with van der Waals surface area (Å²) >= 11 is 7.24. The number of carbonyl (C=O) groups excluding carboxylic acids is 1. The first-order valence-corrected chi connectivity index (χ1v) is 9.58. The zero-order valence-electron chi connectivity index (χ0n) is 14.4. The molecule has 4 rings (SSSR count). The van der Waals surface area contributed by atoms with Crippen molar-refractivity contribution in [3.05, 3.63) is 63.8 Å². The molecule has 0 aliphatic rings. The SMILES string of the molecule is CCc1nc2c(sc3ncccc32)c(=O)n1CC(=O)Nc1cccc(Cl)c1. The third-order valence-corrected chi connectivity index (χ3v) is 5.48. The first kappa shape index (κ1) is 17.6. The molecule has 4 aromatic rings. The second-order valence-electron chi connectivity index (χ2n) is 5.97. The number of hydrogen-bond donors (Lipinski definition) is 1. The summed E-state index contributed by atoms with van der Waals surface area (Å²) in [5.74, 6) is 0.256. The van der Waals surface area contributed by atoms with E-state index in [1.807, 2.05) is 19.1 Å². The summed E-state index contributed by atoms with van der Waals surface area (Å²) in [6, 6.07) is 10.6. The van der Waals surface area contributed by atoms with Crippen LogP contribution in [-0.4, -0.2) is 20.4 Å². The van der Waals surface area contributed by atoms with Crippen molar-refractivity contribution in [1.29, 1.82) is 0 Å². The number of nitrogens with zero attached hydrogens (tertiary/aromatic N) is 3. The normalized spacial score (nSPS) is 11.2. The minimum Gasteiger partial charge on any atom is -0.324 e. The van der Waals surface area contributed by atoms with Crippen molar-refractivity contribution in [3.63, 3.8) is 0 Å². The molecular weight excluding hydrogens is 384 g/mol. The van der Waals surface area contributed by atoms with Crippen molar-refractivity contribution < 1.29 is 4.79 Å². The minimum absolute atomic E-state index is 0.112. The van der Waals surface area contributed by atoms with E-state index in [9.17, 15) is 9.59 Å². The third-order valence-electron chi connectivity index (χ3n) is 4.16. The zero-order chi connectivity index (χ0) is 19.0. The van der Waals surface area contributed by atoms with Gasteiger partial charge >= 0.3 is 0 Å². The van der Waals surface area contributed by atoms with Crippen LogP contribution in [0.2, 0.25) is 5.02 Å². The van der Waals surface area contributed by atoms with Crippen molar-refractivity contribution in [1.82, 2.24) is 14.5 Å². The standard InChI is InChI=1S/C19H15ClN4O2S/c1-2-14-23-16-13-7-4-8-21-18(13)27-17(16)19(26)24(14)10-15(25)22-12-6-3-5-11(20)9-12/h3-9H,2,10H2,1H3,(H,22,25). The molecule has 0 spiro atoms. The summed E-state index contributed by atoms with van der Waals surface area (Å²) in [4.78, 5) is 35.2. The van der Waals surface area contributed by atoms with Crippen LogP contribution in [0.3, 0.4) is 0 Å². The Kier molecular flexibility index (Phi) is 4.63. The molecule has 0 saturated carbocycles. The van der Waals surface area contributed by atoms with E-state index in [4.69, 9.17) is 11.6 Å². The lowest BCUT2D eigenvalue weighted by Crippen LogP contribution is -2.30. The Balaban J connectivity index is 1.74. The Bertz CT molecular complexity index is 1230. The zero-order valence-corrected chi connectivity index (χ0v) is 16.0. The van der Waals surface area contributed by atoms with E-state index in [0.29, 0.717) is 33.2 Å². The molecule has 0 aliphatic heterocycles. The van der Waals surface area contributed by atoms with Gasteiger partial charge in [-0.05, 0) is 30.3 Å². The number of halogens is 1. The second-order valence-corrected chi connectivity index (χ2v) is 7.40. The molecule has 0 radical (unpaired) electrons. The number of pyridine rings is 1. The van der Waals surface area contributed by atoms with Crippen molar-refractivity contribution >= 4 is 55.0 Å². The van der Waals surface area contributed by atoms with E-state index in [-0.39, 0.29) is 18.0 Å². The van der Waals surface area contributed by atoms with E-state index >= 15 is 0 Å². The predicted octanol–water partition coefficient (Wildman–Crippen LogP) is 3.86. The minimum atomic E-state index is -0.311. The molecule has 136 valence electrons. The fraction of sp³-hybridized carbons (Fsp3) is 0.158. The van der Waals surface area contributed by atoms with Crippen LogP contribution < -0.4 is 10.9 Å². The van der Waals surface area contributed by atoms with Crippen LogP contribution in [0.1, 0.15) is 12.7 Å². The van der Waals surface area contributed by atoms with Gasteiger partial charge < -0.3 is 5.32 Å². The van der Waals surface area contributed by atoms with Gasteiger partial charge in [-0.2, -0.15) is 0 Å². The highest BCUT2D eigenvalue weighted by molar-refractivity contribution is 7.25. The topological polar surface area (TPSA) is 76.9 Å². The van der Waals surface area contributed by atoms with Gasteiger partial charge in [-0.3, -0.25) is 14.2 Å². The van der Waals surface area contributed by atoms with Crippen LogP contribution in [0.4, 0.5) is 5.69 Å². The maximum Gasteiger partial charge on any atom is 0.272 e. The van der Waals surface area contributed by atoms with Gasteiger partial charge in [0.15, 0.2) is 0 Å². The highest BCUT2D eigenvalue weighted by Gasteiger charge is 2.17. The number of anilines is 1. The van der Waals surface area contributed by atoms with E-state index in [0.717, 1.165) is 10.2 Å². The van der Waals surface area contributed by atoms with Crippen LogP contribution in [0.5, 0.6) is 0 Å². The first-order valence-electron chi connectivity index (χ1n) is 8.39. The second kappa shape index (κ2) is 7.09. The van der Waals surface area contributed by atoms with Crippen LogP contribution in [0.25, 0.3) is 20.4 Å². The lowest BCUT2D eigenvalue weighted by Gasteiger charge is -2.11. The molecule has 0 bridgehead atoms. The summed E-state index contributed by atoms with van der Waals surface area (Å²) in [6.45, 7) is 1.80. The van der Waals surface area contributed by atoms with Crippen LogP contribution in [0.15, 0.2) is 47.4 Å². The number of thiophene rings is 1. The summed E-state index contributed by atoms with van der Waals surface area (Å²) < 4.78 is 1.94. The fourth-order valence-electron chi connectivity index (χ4n) is 2.95. The Hall–Kier alpha value is -2.77. The van der Waals surface area contributed by atoms with Gasteiger partial charge in [0.2, 0.25) is 5.91 Å². The van der Waals surface area contributed by atoms with Gasteiger partial charge in [0, 0.05) is 28.7 Å². The molecule has 0 aliphatic carbocycles. The average Bonchev–Trinajstić information content (AvgIpc) is 3.03. The largest absolute Gasteiger partial charge is 0.324 e. The third kappa shape index (κ3) is 3.31. The molecule has 3 heterocycles. The summed E-state index contributed by atoms with van der Waals surface area (Å²) in [5, 5.41) is 4.15. The lowest BCUT2D eigenvalue weighted by molar-refractivity contribution is -0.116. The van der Waals surface area contributed by atoms with Gasteiger partial charge in [0.25, 0.3) is 5.56 Å². The number of carbonyl (C=O) groups is 1. The lowest BCUT2D eigenvalue weighted by atomic mass is 10.3. The maximum atomic E-state index is 13.0. The molecule has 3 aromatic heterocycles. The van der Waals surface area contributed by atoms with Gasteiger partial charge in [-0.25, -0.2) is 9.97 Å². The number of aromatic nitrogens is 3. The van der Waals surface area contributed by atoms with E-state index in [1.165, 1.54) is 15.9 Å². The molecule has 0 atom stereocenters. The number of hydrogen-bond acceptors (Lipinski definition) is 5. The highest BCUT2D eigenvalue weighted by Crippen LogP contribution is 2.28. The smallest absolute Gasteiger partial charge is 0.272 e. The average molecular weight is 399 g/mol. The van der Waals surface area contributed by atoms with Gasteiger partial charge in [0.05, 0.1) is 5.52 Å². The van der Waals surface area contributed by atoms with Crippen molar-refractivity contribution in [2.45, 2.75) is 19.9 Å². The van der Waals surface area contributed by atoms with E-state index in [2.05, 4.69) is 15.3 Å². The Morgan fingerprint density at radius 3 is 2.93 bits per heavy atom. The van der Waals surface area contributed by atoms with Crippen LogP contribution >= 0.6 is 22.9 Å². The molecule has 1 aromatic carbocycles. The Morgan fingerprint density at radius 2 is 2.15 bits per heavy atom. The molecule has 1 amide bonds. The summed E-state index contributed by atoms with van der Waals surface area (Å²) in [6.07, 6.45) is 2.22. The van der Waals surface area contributed by atoms with E-state index < -0.39 is 0 Å². The highest BCUT2D eigenvalue weighted by atomic mass is 35.5. The van der Waals surface area contributed by atoms with Crippen LogP contribution in [0, 0.1) is 0 Å². The summed E-state index contributed by atoms with van der Waals surface area (Å²) in [7, 11) is 0. The number of fused-ring (bicyclic) bond motifs is 3. The predicted molar refractivity (Wildman–Crippen MR) is 109 cm³/mol. The van der Waals surface area contributed by atoms with Crippen molar-refractivity contribution in [3.8, 4) is 0 Å². The van der Waals surface area contributed by atoms with Crippen molar-refractivity contribution in [2.24, 2.45) is 0 Å². The molecule has 8 heteroatoms. The van der Waals surface area contributed by atoms with Crippen LogP contribution in [-0.2, 0) is 17.8 Å². The molecule has 27 heavy (non-hydrogen) atoms. The van der Waals surface area contributed by atoms with Crippen molar-refractivity contribution in [2.75, 3.05) is 5.32 Å². The molecule has 0 saturated heterocycles. The molecule has 1 N–H and O–H groups in total. The van der Waals surface area contributed by atoms with Gasteiger partial charge in [0.1, 0.15) is 21.9 Å². The molecular formula is C19H15ClN4O2S. The molecule has 0 unspecified atom stereocenters. The summed E-state index contributed by atoms with van der Waals surface area (Å²) in [5.41, 5.74) is 1.01. The quantitative estimate of drug-likeness (QED) is 0.566. The van der Waals surface area contributed by atoms with Gasteiger partial charge in [-0.1, -0.05) is 24.6 Å². The molecule has 6 nitrogen and oxygen atoms in total. The Labute approximate surface area is 163 Å². The number of rotatable bonds is 4. The van der Waals surface area contributed by atoms with E-state index in [1.54, 1.807) is 30.5 Å². The van der Waals surface area contributed by atoms with Gasteiger partial charge in [-0.15, -0.1) is 11.3 Å². The molecule has 0 fully saturated rings. The number of nitrogens with one attached hydrogen (secondary N) is 1.